The molecule has 0 aliphatic heterocycles. The van der Waals surface area contributed by atoms with Gasteiger partial charge >= 0.3 is 0 Å². The Balaban J connectivity index is 1.89. The van der Waals surface area contributed by atoms with Crippen LogP contribution in [0, 0.1) is 11.3 Å². The Morgan fingerprint density at radius 3 is 2.74 bits per heavy atom. The zero-order chi connectivity index (χ0) is 13.7. The highest BCUT2D eigenvalue weighted by atomic mass is 15.1. The molecule has 1 aliphatic carbocycles. The van der Waals surface area contributed by atoms with Crippen molar-refractivity contribution in [2.24, 2.45) is 0 Å². The summed E-state index contributed by atoms with van der Waals surface area (Å²) in [6, 6.07) is 9.02. The lowest BCUT2D eigenvalue weighted by Gasteiger charge is -2.38. The molecular weight excluding hydrogens is 236 g/mol. The lowest BCUT2D eigenvalue weighted by molar-refractivity contribution is 0.150. The molecule has 1 aliphatic rings. The van der Waals surface area contributed by atoms with Gasteiger partial charge in [-0.2, -0.15) is 5.26 Å². The Hall–Kier alpha value is -1.44. The maximum atomic E-state index is 9.27. The van der Waals surface area contributed by atoms with Crippen molar-refractivity contribution in [2.75, 3.05) is 14.1 Å². The molecule has 4 nitrogen and oxygen atoms in total. The summed E-state index contributed by atoms with van der Waals surface area (Å²) in [5.41, 5.74) is 0.804. The van der Waals surface area contributed by atoms with E-state index >= 15 is 0 Å². The first-order valence-corrected chi connectivity index (χ1v) is 6.89. The van der Waals surface area contributed by atoms with E-state index in [0.717, 1.165) is 37.9 Å². The monoisotopic (exact) mass is 258 g/mol. The maximum absolute atomic E-state index is 9.27. The zero-order valence-corrected chi connectivity index (χ0v) is 11.8. The van der Waals surface area contributed by atoms with Crippen molar-refractivity contribution in [1.29, 1.82) is 5.26 Å². The largest absolute Gasteiger partial charge is 0.302 e. The second kappa shape index (κ2) is 6.14. The Labute approximate surface area is 115 Å². The minimum atomic E-state index is -0.303. The van der Waals surface area contributed by atoms with Crippen molar-refractivity contribution in [1.82, 2.24) is 15.2 Å². The van der Waals surface area contributed by atoms with E-state index in [1.54, 1.807) is 0 Å². The molecule has 1 saturated carbocycles. The first-order chi connectivity index (χ1) is 9.19. The SMILES string of the molecule is CNC1(C#N)CCC(N(C)Cc2ccccn2)CC1. The van der Waals surface area contributed by atoms with Gasteiger partial charge < -0.3 is 5.32 Å². The topological polar surface area (TPSA) is 52.0 Å². The van der Waals surface area contributed by atoms with Gasteiger partial charge in [-0.1, -0.05) is 6.07 Å². The number of rotatable bonds is 4. The Kier molecular flexibility index (Phi) is 4.52. The van der Waals surface area contributed by atoms with E-state index in [4.69, 9.17) is 0 Å². The average molecular weight is 258 g/mol. The Morgan fingerprint density at radius 1 is 1.47 bits per heavy atom. The number of hydrogen-bond acceptors (Lipinski definition) is 4. The van der Waals surface area contributed by atoms with Crippen molar-refractivity contribution in [3.05, 3.63) is 30.1 Å². The third-order valence-electron chi connectivity index (χ3n) is 4.26. The summed E-state index contributed by atoms with van der Waals surface area (Å²) in [7, 11) is 4.04. The van der Waals surface area contributed by atoms with E-state index in [2.05, 4.69) is 34.4 Å². The van der Waals surface area contributed by atoms with Crippen LogP contribution in [-0.4, -0.2) is 35.6 Å². The van der Waals surface area contributed by atoms with Gasteiger partial charge in [0.2, 0.25) is 0 Å². The van der Waals surface area contributed by atoms with E-state index in [-0.39, 0.29) is 5.54 Å². The van der Waals surface area contributed by atoms with Gasteiger partial charge in [0, 0.05) is 18.8 Å². The molecule has 1 fully saturated rings. The highest BCUT2D eigenvalue weighted by Crippen LogP contribution is 2.30. The van der Waals surface area contributed by atoms with Gasteiger partial charge in [-0.05, 0) is 51.9 Å². The molecule has 0 atom stereocenters. The Bertz CT molecular complexity index is 429. The summed E-state index contributed by atoms with van der Waals surface area (Å²) in [6.45, 7) is 0.880. The number of nitrogens with zero attached hydrogens (tertiary/aromatic N) is 3. The fraction of sp³-hybridized carbons (Fsp3) is 0.600. The van der Waals surface area contributed by atoms with Crippen LogP contribution in [0.3, 0.4) is 0 Å². The third-order valence-corrected chi connectivity index (χ3v) is 4.26. The van der Waals surface area contributed by atoms with Crippen molar-refractivity contribution in [2.45, 2.75) is 43.8 Å². The molecule has 0 spiro atoms. The first kappa shape index (κ1) is 14.0. The van der Waals surface area contributed by atoms with Gasteiger partial charge in [-0.15, -0.1) is 0 Å². The second-order valence-electron chi connectivity index (χ2n) is 5.41. The highest BCUT2D eigenvalue weighted by molar-refractivity contribution is 5.10. The van der Waals surface area contributed by atoms with Crippen LogP contribution in [0.5, 0.6) is 0 Å². The molecule has 1 heterocycles. The molecule has 2 rings (SSSR count). The van der Waals surface area contributed by atoms with Crippen molar-refractivity contribution in [3.63, 3.8) is 0 Å². The first-order valence-electron chi connectivity index (χ1n) is 6.89. The van der Waals surface area contributed by atoms with Crippen LogP contribution in [0.25, 0.3) is 0 Å². The normalized spacial score (nSPS) is 27.2. The van der Waals surface area contributed by atoms with Gasteiger partial charge in [-0.3, -0.25) is 9.88 Å². The number of nitrogens with one attached hydrogen (secondary N) is 1. The summed E-state index contributed by atoms with van der Waals surface area (Å²) in [4.78, 5) is 6.73. The minimum absolute atomic E-state index is 0.303. The molecule has 0 amide bonds. The number of aromatic nitrogens is 1. The predicted octanol–water partition coefficient (Wildman–Crippen LogP) is 1.94. The van der Waals surface area contributed by atoms with E-state index in [1.807, 2.05) is 25.4 Å². The second-order valence-corrected chi connectivity index (χ2v) is 5.41. The van der Waals surface area contributed by atoms with E-state index in [0.29, 0.717) is 6.04 Å². The lowest BCUT2D eigenvalue weighted by Crippen LogP contribution is -2.48. The van der Waals surface area contributed by atoms with Crippen LogP contribution in [0.15, 0.2) is 24.4 Å². The molecule has 0 radical (unpaired) electrons. The number of nitriles is 1. The van der Waals surface area contributed by atoms with Crippen LogP contribution >= 0.6 is 0 Å². The molecule has 1 aromatic heterocycles. The number of hydrogen-bond donors (Lipinski definition) is 1. The van der Waals surface area contributed by atoms with E-state index in [1.165, 1.54) is 0 Å². The zero-order valence-electron chi connectivity index (χ0n) is 11.8. The molecule has 1 N–H and O–H groups in total. The van der Waals surface area contributed by atoms with Gasteiger partial charge in [0.15, 0.2) is 0 Å². The van der Waals surface area contributed by atoms with Crippen LogP contribution in [0.4, 0.5) is 0 Å². The van der Waals surface area contributed by atoms with Crippen LogP contribution in [0.1, 0.15) is 31.4 Å². The summed E-state index contributed by atoms with van der Waals surface area (Å²) in [5, 5.41) is 12.4. The molecule has 4 heteroatoms. The fourth-order valence-corrected chi connectivity index (χ4v) is 2.83. The number of pyridine rings is 1. The third kappa shape index (κ3) is 3.31. The van der Waals surface area contributed by atoms with Gasteiger partial charge in [-0.25, -0.2) is 0 Å². The molecule has 1 aromatic rings. The molecule has 0 saturated heterocycles. The van der Waals surface area contributed by atoms with Crippen molar-refractivity contribution in [3.8, 4) is 6.07 Å². The average Bonchev–Trinajstić information content (AvgIpc) is 2.48. The summed E-state index contributed by atoms with van der Waals surface area (Å²) in [5.74, 6) is 0. The Morgan fingerprint density at radius 2 is 2.21 bits per heavy atom. The van der Waals surface area contributed by atoms with Gasteiger partial charge in [0.1, 0.15) is 5.54 Å². The molecule has 0 bridgehead atoms. The standard InChI is InChI=1S/C15H22N4/c1-17-15(12-16)8-6-14(7-9-15)19(2)11-13-5-3-4-10-18-13/h3-5,10,14,17H,6-9,11H2,1-2H3. The van der Waals surface area contributed by atoms with Crippen molar-refractivity contribution < 1.29 is 0 Å². The maximum Gasteiger partial charge on any atom is 0.106 e. The quantitative estimate of drug-likeness (QED) is 0.896. The van der Waals surface area contributed by atoms with E-state index in [9.17, 15) is 5.26 Å². The minimum Gasteiger partial charge on any atom is -0.302 e. The summed E-state index contributed by atoms with van der Waals surface area (Å²) in [6.07, 6.45) is 5.83. The van der Waals surface area contributed by atoms with Crippen molar-refractivity contribution >= 4 is 0 Å². The molecule has 102 valence electrons. The highest BCUT2D eigenvalue weighted by Gasteiger charge is 2.35. The summed E-state index contributed by atoms with van der Waals surface area (Å²) >= 11 is 0. The van der Waals surface area contributed by atoms with E-state index < -0.39 is 0 Å². The van der Waals surface area contributed by atoms with Crippen LogP contribution < -0.4 is 5.32 Å². The molecule has 0 aromatic carbocycles. The fourth-order valence-electron chi connectivity index (χ4n) is 2.83. The predicted molar refractivity (Wildman–Crippen MR) is 75.4 cm³/mol. The molecule has 0 unspecified atom stereocenters. The molecular formula is C15H22N4. The smallest absolute Gasteiger partial charge is 0.106 e. The summed E-state index contributed by atoms with van der Waals surface area (Å²) < 4.78 is 0. The molecule has 19 heavy (non-hydrogen) atoms. The van der Waals surface area contributed by atoms with Gasteiger partial charge in [0.05, 0.1) is 11.8 Å². The lowest BCUT2D eigenvalue weighted by atomic mass is 9.80. The van der Waals surface area contributed by atoms with Crippen LogP contribution in [0.2, 0.25) is 0 Å². The van der Waals surface area contributed by atoms with Gasteiger partial charge in [0.25, 0.3) is 0 Å². The van der Waals surface area contributed by atoms with Crippen LogP contribution in [-0.2, 0) is 6.54 Å².